The van der Waals surface area contributed by atoms with E-state index in [4.69, 9.17) is 9.47 Å². The number of hydrogen-bond acceptors (Lipinski definition) is 5. The minimum absolute atomic E-state index is 0.700. The molecular formula is C17H19N3O2. The second-order valence-electron chi connectivity index (χ2n) is 4.95. The fourth-order valence-electron chi connectivity index (χ4n) is 2.41. The summed E-state index contributed by atoms with van der Waals surface area (Å²) in [6.45, 7) is 0.875. The summed E-state index contributed by atoms with van der Waals surface area (Å²) < 4.78 is 10.6. The fraction of sp³-hybridized carbons (Fsp3) is 0.235. The zero-order chi connectivity index (χ0) is 15.4. The zero-order valence-corrected chi connectivity index (χ0v) is 12.7. The van der Waals surface area contributed by atoms with Gasteiger partial charge in [0, 0.05) is 24.7 Å². The maximum atomic E-state index is 5.32. The van der Waals surface area contributed by atoms with E-state index in [1.165, 1.54) is 0 Å². The maximum absolute atomic E-state index is 5.32. The van der Waals surface area contributed by atoms with Crippen LogP contribution < -0.4 is 19.8 Å². The second-order valence-corrected chi connectivity index (χ2v) is 4.95. The van der Waals surface area contributed by atoms with Gasteiger partial charge in [0.25, 0.3) is 0 Å². The lowest BCUT2D eigenvalue weighted by Gasteiger charge is -2.12. The minimum Gasteiger partial charge on any atom is -0.493 e. The summed E-state index contributed by atoms with van der Waals surface area (Å²) in [6.07, 6.45) is 0.878. The molecule has 114 valence electrons. The number of anilines is 2. The summed E-state index contributed by atoms with van der Waals surface area (Å²) in [5.74, 6) is 2.36. The highest BCUT2D eigenvalue weighted by Crippen LogP contribution is 2.30. The van der Waals surface area contributed by atoms with Gasteiger partial charge in [-0.1, -0.05) is 18.2 Å². The molecule has 5 nitrogen and oxygen atoms in total. The zero-order valence-electron chi connectivity index (χ0n) is 12.7. The van der Waals surface area contributed by atoms with Crippen LogP contribution in [0.4, 0.5) is 11.4 Å². The lowest BCUT2D eigenvalue weighted by atomic mass is 10.2. The SMILES string of the molecule is COc1ccc(NC2=NN(c3ccccc3)CC2)cc1OC. The molecular weight excluding hydrogens is 278 g/mol. The van der Waals surface area contributed by atoms with Gasteiger partial charge in [0.1, 0.15) is 5.84 Å². The van der Waals surface area contributed by atoms with E-state index in [0.29, 0.717) is 11.5 Å². The first-order valence-electron chi connectivity index (χ1n) is 7.19. The number of nitrogens with zero attached hydrogens (tertiary/aromatic N) is 2. The van der Waals surface area contributed by atoms with E-state index in [2.05, 4.69) is 22.6 Å². The predicted molar refractivity (Wildman–Crippen MR) is 89.0 cm³/mol. The summed E-state index contributed by atoms with van der Waals surface area (Å²) in [4.78, 5) is 0. The van der Waals surface area contributed by atoms with E-state index in [9.17, 15) is 0 Å². The van der Waals surface area contributed by atoms with Gasteiger partial charge in [0.15, 0.2) is 11.5 Å². The molecule has 5 heteroatoms. The summed E-state index contributed by atoms with van der Waals surface area (Å²) in [7, 11) is 3.26. The Kier molecular flexibility index (Phi) is 4.14. The Balaban J connectivity index is 1.74. The van der Waals surface area contributed by atoms with E-state index in [0.717, 1.165) is 30.2 Å². The molecule has 0 amide bonds. The molecule has 2 aromatic rings. The molecule has 0 bridgehead atoms. The first kappa shape index (κ1) is 14.3. The Hall–Kier alpha value is -2.69. The van der Waals surface area contributed by atoms with Crippen LogP contribution in [0.15, 0.2) is 53.6 Å². The average molecular weight is 297 g/mol. The largest absolute Gasteiger partial charge is 0.493 e. The van der Waals surface area contributed by atoms with E-state index in [1.54, 1.807) is 14.2 Å². The lowest BCUT2D eigenvalue weighted by Crippen LogP contribution is -2.11. The molecule has 1 aliphatic heterocycles. The number of hydrazone groups is 1. The van der Waals surface area contributed by atoms with Gasteiger partial charge in [0.05, 0.1) is 19.9 Å². The van der Waals surface area contributed by atoms with Crippen LogP contribution in [-0.2, 0) is 0 Å². The molecule has 0 fully saturated rings. The van der Waals surface area contributed by atoms with E-state index in [-0.39, 0.29) is 0 Å². The topological polar surface area (TPSA) is 46.1 Å². The van der Waals surface area contributed by atoms with Gasteiger partial charge >= 0.3 is 0 Å². The van der Waals surface area contributed by atoms with Crippen molar-refractivity contribution in [3.8, 4) is 11.5 Å². The van der Waals surface area contributed by atoms with Gasteiger partial charge in [-0.05, 0) is 24.3 Å². The van der Waals surface area contributed by atoms with Crippen LogP contribution in [0, 0.1) is 0 Å². The Bertz CT molecular complexity index is 671. The normalized spacial score (nSPS) is 13.7. The molecule has 0 aliphatic carbocycles. The molecule has 0 saturated carbocycles. The molecule has 1 N–H and O–H groups in total. The lowest BCUT2D eigenvalue weighted by molar-refractivity contribution is 0.355. The summed E-state index contributed by atoms with van der Waals surface area (Å²) in [5, 5.41) is 9.96. The molecule has 0 aromatic heterocycles. The minimum atomic E-state index is 0.700. The number of para-hydroxylation sites is 1. The van der Waals surface area contributed by atoms with E-state index >= 15 is 0 Å². The van der Waals surface area contributed by atoms with Crippen LogP contribution in [0.25, 0.3) is 0 Å². The van der Waals surface area contributed by atoms with Crippen molar-refractivity contribution in [1.29, 1.82) is 0 Å². The van der Waals surface area contributed by atoms with Gasteiger partial charge in [-0.15, -0.1) is 0 Å². The van der Waals surface area contributed by atoms with Gasteiger partial charge in [-0.3, -0.25) is 5.01 Å². The van der Waals surface area contributed by atoms with Crippen molar-refractivity contribution in [3.05, 3.63) is 48.5 Å². The summed E-state index contributed by atoms with van der Waals surface area (Å²) in [6, 6.07) is 15.9. The number of benzene rings is 2. The highest BCUT2D eigenvalue weighted by atomic mass is 16.5. The standard InChI is InChI=1S/C17H19N3O2/c1-21-15-9-8-13(12-16(15)22-2)18-17-10-11-20(19-17)14-6-4-3-5-7-14/h3-9,12H,10-11H2,1-2H3,(H,18,19). The van der Waals surface area contributed by atoms with Crippen LogP contribution in [0.1, 0.15) is 6.42 Å². The van der Waals surface area contributed by atoms with Crippen LogP contribution >= 0.6 is 0 Å². The highest BCUT2D eigenvalue weighted by molar-refractivity contribution is 5.98. The third-order valence-corrected chi connectivity index (χ3v) is 3.53. The second kappa shape index (κ2) is 6.39. The molecule has 3 rings (SSSR count). The van der Waals surface area contributed by atoms with Crippen molar-refractivity contribution < 1.29 is 9.47 Å². The first-order valence-corrected chi connectivity index (χ1v) is 7.19. The first-order chi connectivity index (χ1) is 10.8. The van der Waals surface area contributed by atoms with Crippen molar-refractivity contribution in [2.45, 2.75) is 6.42 Å². The molecule has 0 unspecified atom stereocenters. The summed E-state index contributed by atoms with van der Waals surface area (Å²) >= 11 is 0. The van der Waals surface area contributed by atoms with Crippen molar-refractivity contribution in [1.82, 2.24) is 0 Å². The molecule has 2 aromatic carbocycles. The van der Waals surface area contributed by atoms with Crippen LogP contribution in [-0.4, -0.2) is 26.6 Å². The van der Waals surface area contributed by atoms with Gasteiger partial charge in [-0.2, -0.15) is 5.10 Å². The number of nitrogens with one attached hydrogen (secondary N) is 1. The van der Waals surface area contributed by atoms with Gasteiger partial charge in [-0.25, -0.2) is 0 Å². The molecule has 0 saturated heterocycles. The molecule has 1 heterocycles. The number of hydrogen-bond donors (Lipinski definition) is 1. The Morgan fingerprint density at radius 3 is 2.50 bits per heavy atom. The van der Waals surface area contributed by atoms with Gasteiger partial charge in [0.2, 0.25) is 0 Å². The third-order valence-electron chi connectivity index (χ3n) is 3.53. The quantitative estimate of drug-likeness (QED) is 0.940. The van der Waals surface area contributed by atoms with Gasteiger partial charge < -0.3 is 14.8 Å². The number of methoxy groups -OCH3 is 2. The Morgan fingerprint density at radius 1 is 1.00 bits per heavy atom. The highest BCUT2D eigenvalue weighted by Gasteiger charge is 2.16. The molecule has 0 atom stereocenters. The van der Waals surface area contributed by atoms with Crippen molar-refractivity contribution >= 4 is 17.2 Å². The van der Waals surface area contributed by atoms with Crippen molar-refractivity contribution in [2.75, 3.05) is 31.1 Å². The smallest absolute Gasteiger partial charge is 0.162 e. The number of amidine groups is 1. The molecule has 0 radical (unpaired) electrons. The van der Waals surface area contributed by atoms with E-state index in [1.807, 2.05) is 41.4 Å². The van der Waals surface area contributed by atoms with E-state index < -0.39 is 0 Å². The molecule has 0 spiro atoms. The summed E-state index contributed by atoms with van der Waals surface area (Å²) in [5.41, 5.74) is 2.04. The molecule has 1 aliphatic rings. The third kappa shape index (κ3) is 2.98. The van der Waals surface area contributed by atoms with Crippen molar-refractivity contribution in [2.24, 2.45) is 5.10 Å². The number of ether oxygens (including phenoxy) is 2. The Morgan fingerprint density at radius 2 is 1.77 bits per heavy atom. The average Bonchev–Trinajstić information content (AvgIpc) is 3.04. The van der Waals surface area contributed by atoms with Crippen LogP contribution in [0.5, 0.6) is 11.5 Å². The maximum Gasteiger partial charge on any atom is 0.162 e. The fourth-order valence-corrected chi connectivity index (χ4v) is 2.41. The van der Waals surface area contributed by atoms with Crippen molar-refractivity contribution in [3.63, 3.8) is 0 Å². The van der Waals surface area contributed by atoms with Crippen LogP contribution in [0.3, 0.4) is 0 Å². The molecule has 22 heavy (non-hydrogen) atoms. The van der Waals surface area contributed by atoms with Crippen LogP contribution in [0.2, 0.25) is 0 Å². The Labute approximate surface area is 130 Å². The monoisotopic (exact) mass is 297 g/mol. The predicted octanol–water partition coefficient (Wildman–Crippen LogP) is 3.34. The number of rotatable bonds is 4.